The van der Waals surface area contributed by atoms with Crippen molar-refractivity contribution in [1.29, 1.82) is 5.26 Å². The number of methoxy groups -OCH3 is 1. The number of hydrogen-bond donors (Lipinski definition) is 3. The lowest BCUT2D eigenvalue weighted by atomic mass is 10.2. The molecule has 0 aliphatic heterocycles. The lowest BCUT2D eigenvalue weighted by Crippen LogP contribution is -2.14. The number of fused-ring (bicyclic) bond motifs is 1. The van der Waals surface area contributed by atoms with Gasteiger partial charge in [-0.3, -0.25) is 4.79 Å². The third-order valence-corrected chi connectivity index (χ3v) is 4.19. The normalized spacial score (nSPS) is 10.4. The van der Waals surface area contributed by atoms with Crippen molar-refractivity contribution in [2.45, 2.75) is 5.03 Å². The molecular formula is C15H13N7O2S. The number of nitrogen functional groups attached to an aromatic ring is 1. The highest BCUT2D eigenvalue weighted by atomic mass is 32.2. The van der Waals surface area contributed by atoms with Gasteiger partial charge in [-0.1, -0.05) is 11.8 Å². The first-order valence-corrected chi connectivity index (χ1v) is 8.06. The predicted octanol–water partition coefficient (Wildman–Crippen LogP) is 1.55. The van der Waals surface area contributed by atoms with Crippen molar-refractivity contribution in [2.75, 3.05) is 23.9 Å². The highest BCUT2D eigenvalue weighted by molar-refractivity contribution is 8.00. The quantitative estimate of drug-likeness (QED) is 0.462. The van der Waals surface area contributed by atoms with E-state index >= 15 is 0 Å². The Hall–Kier alpha value is -3.32. The third-order valence-electron chi connectivity index (χ3n) is 3.21. The van der Waals surface area contributed by atoms with Gasteiger partial charge in [0.15, 0.2) is 5.65 Å². The minimum Gasteiger partial charge on any atom is -0.495 e. The standard InChI is InChI=1S/C15H13N7O2S/c1-24-10-3-2-9(4-8(10)5-16)20-11(23)6-25-14-12-13(19-7-18-12)21-15(17)22-14/h2-4,7H,6H2,1H3,(H,20,23)(H3,17,18,19,21,22). The van der Waals surface area contributed by atoms with E-state index in [1.54, 1.807) is 18.2 Å². The van der Waals surface area contributed by atoms with Gasteiger partial charge in [-0.05, 0) is 18.2 Å². The van der Waals surface area contributed by atoms with E-state index in [-0.39, 0.29) is 17.6 Å². The molecule has 10 heteroatoms. The zero-order valence-corrected chi connectivity index (χ0v) is 13.9. The molecule has 126 valence electrons. The largest absolute Gasteiger partial charge is 0.495 e. The summed E-state index contributed by atoms with van der Waals surface area (Å²) in [5, 5.41) is 12.4. The number of aromatic amines is 1. The topological polar surface area (TPSA) is 143 Å². The molecule has 1 aromatic carbocycles. The van der Waals surface area contributed by atoms with E-state index < -0.39 is 0 Å². The van der Waals surface area contributed by atoms with E-state index in [9.17, 15) is 4.79 Å². The number of nitrogens with zero attached hydrogens (tertiary/aromatic N) is 4. The molecule has 0 spiro atoms. The van der Waals surface area contributed by atoms with Crippen molar-refractivity contribution in [2.24, 2.45) is 0 Å². The maximum Gasteiger partial charge on any atom is 0.234 e. The van der Waals surface area contributed by atoms with Crippen LogP contribution in [0.2, 0.25) is 0 Å². The monoisotopic (exact) mass is 355 g/mol. The molecule has 3 rings (SSSR count). The first-order valence-electron chi connectivity index (χ1n) is 7.08. The number of carbonyl (C=O) groups excluding carboxylic acids is 1. The lowest BCUT2D eigenvalue weighted by Gasteiger charge is -2.08. The Kier molecular flexibility index (Phi) is 4.67. The number of nitrogens with two attached hydrogens (primary N) is 1. The molecule has 1 amide bonds. The fourth-order valence-corrected chi connectivity index (χ4v) is 2.92. The van der Waals surface area contributed by atoms with Crippen molar-refractivity contribution in [1.82, 2.24) is 19.9 Å². The molecule has 0 fully saturated rings. The summed E-state index contributed by atoms with van der Waals surface area (Å²) in [6.45, 7) is 0. The van der Waals surface area contributed by atoms with Gasteiger partial charge < -0.3 is 20.8 Å². The number of hydrogen-bond acceptors (Lipinski definition) is 8. The van der Waals surface area contributed by atoms with Crippen LogP contribution in [0.4, 0.5) is 11.6 Å². The zero-order chi connectivity index (χ0) is 17.8. The lowest BCUT2D eigenvalue weighted by molar-refractivity contribution is -0.113. The van der Waals surface area contributed by atoms with Crippen molar-refractivity contribution in [3.05, 3.63) is 30.1 Å². The molecule has 0 atom stereocenters. The van der Waals surface area contributed by atoms with Gasteiger partial charge >= 0.3 is 0 Å². The second kappa shape index (κ2) is 7.06. The third kappa shape index (κ3) is 3.61. The highest BCUT2D eigenvalue weighted by Gasteiger charge is 2.12. The Bertz CT molecular complexity index is 980. The van der Waals surface area contributed by atoms with Gasteiger partial charge in [0, 0.05) is 5.69 Å². The van der Waals surface area contributed by atoms with Gasteiger partial charge in [0.25, 0.3) is 0 Å². The van der Waals surface area contributed by atoms with E-state index in [0.29, 0.717) is 33.2 Å². The number of benzene rings is 1. The number of ether oxygens (including phenoxy) is 1. The second-order valence-corrected chi connectivity index (χ2v) is 5.82. The molecule has 0 aliphatic rings. The van der Waals surface area contributed by atoms with Crippen LogP contribution >= 0.6 is 11.8 Å². The van der Waals surface area contributed by atoms with Crippen LogP contribution in [0.3, 0.4) is 0 Å². The van der Waals surface area contributed by atoms with Crippen LogP contribution in [-0.2, 0) is 4.79 Å². The van der Waals surface area contributed by atoms with Crippen LogP contribution in [0.1, 0.15) is 5.56 Å². The molecule has 2 aromatic heterocycles. The number of amides is 1. The highest BCUT2D eigenvalue weighted by Crippen LogP contribution is 2.25. The van der Waals surface area contributed by atoms with Crippen LogP contribution in [0.5, 0.6) is 5.75 Å². The average molecular weight is 355 g/mol. The van der Waals surface area contributed by atoms with E-state index in [1.807, 2.05) is 6.07 Å². The molecule has 3 aromatic rings. The molecule has 4 N–H and O–H groups in total. The molecule has 9 nitrogen and oxygen atoms in total. The SMILES string of the molecule is COc1ccc(NC(=O)CSc2nc(N)nc3nc[nH]c23)cc1C#N. The number of nitriles is 1. The molecule has 25 heavy (non-hydrogen) atoms. The summed E-state index contributed by atoms with van der Waals surface area (Å²) in [5.41, 5.74) is 7.57. The summed E-state index contributed by atoms with van der Waals surface area (Å²) in [6.07, 6.45) is 1.49. The fourth-order valence-electron chi connectivity index (χ4n) is 2.13. The van der Waals surface area contributed by atoms with Crippen molar-refractivity contribution >= 4 is 40.5 Å². The fraction of sp³-hybridized carbons (Fsp3) is 0.133. The maximum atomic E-state index is 12.2. The van der Waals surface area contributed by atoms with Gasteiger partial charge in [0.05, 0.1) is 24.8 Å². The molecule has 0 unspecified atom stereocenters. The van der Waals surface area contributed by atoms with Gasteiger partial charge in [0.2, 0.25) is 11.9 Å². The Labute approximate surface area is 146 Å². The molecule has 2 heterocycles. The van der Waals surface area contributed by atoms with Crippen LogP contribution in [-0.4, -0.2) is 38.7 Å². The van der Waals surface area contributed by atoms with E-state index in [4.69, 9.17) is 15.7 Å². The summed E-state index contributed by atoms with van der Waals surface area (Å²) in [5.74, 6) is 0.409. The van der Waals surface area contributed by atoms with Gasteiger partial charge in [-0.15, -0.1) is 0 Å². The first-order chi connectivity index (χ1) is 12.1. The number of thioether (sulfide) groups is 1. The van der Waals surface area contributed by atoms with Gasteiger partial charge in [-0.2, -0.15) is 10.2 Å². The number of imidazole rings is 1. The number of carbonyl (C=O) groups is 1. The maximum absolute atomic E-state index is 12.2. The van der Waals surface area contributed by atoms with Crippen LogP contribution in [0.15, 0.2) is 29.6 Å². The summed E-state index contributed by atoms with van der Waals surface area (Å²) in [4.78, 5) is 27.2. The van der Waals surface area contributed by atoms with Crippen LogP contribution < -0.4 is 15.8 Å². The minimum absolute atomic E-state index is 0.0938. The van der Waals surface area contributed by atoms with E-state index in [0.717, 1.165) is 0 Å². The van der Waals surface area contributed by atoms with Crippen molar-refractivity contribution < 1.29 is 9.53 Å². The summed E-state index contributed by atoms with van der Waals surface area (Å²) >= 11 is 1.21. The Morgan fingerprint density at radius 2 is 2.32 bits per heavy atom. The Balaban J connectivity index is 1.69. The summed E-state index contributed by atoms with van der Waals surface area (Å²) in [7, 11) is 1.48. The van der Waals surface area contributed by atoms with Crippen molar-refractivity contribution in [3.8, 4) is 11.8 Å². The molecular weight excluding hydrogens is 342 g/mol. The molecule has 0 radical (unpaired) electrons. The van der Waals surface area contributed by atoms with Gasteiger partial charge in [0.1, 0.15) is 22.4 Å². The van der Waals surface area contributed by atoms with Crippen molar-refractivity contribution in [3.63, 3.8) is 0 Å². The number of rotatable bonds is 5. The smallest absolute Gasteiger partial charge is 0.234 e. The molecule has 0 aliphatic carbocycles. The first kappa shape index (κ1) is 16.5. The Morgan fingerprint density at radius 3 is 3.08 bits per heavy atom. The summed E-state index contributed by atoms with van der Waals surface area (Å²) in [6, 6.07) is 6.86. The zero-order valence-electron chi connectivity index (χ0n) is 13.1. The van der Waals surface area contributed by atoms with E-state index in [2.05, 4.69) is 25.3 Å². The Morgan fingerprint density at radius 1 is 1.48 bits per heavy atom. The van der Waals surface area contributed by atoms with Gasteiger partial charge in [-0.25, -0.2) is 9.97 Å². The number of nitrogens with one attached hydrogen (secondary N) is 2. The number of anilines is 2. The summed E-state index contributed by atoms with van der Waals surface area (Å²) < 4.78 is 5.07. The van der Waals surface area contributed by atoms with Crippen LogP contribution in [0.25, 0.3) is 11.2 Å². The van der Waals surface area contributed by atoms with Crippen LogP contribution in [0, 0.1) is 11.3 Å². The average Bonchev–Trinajstić information content (AvgIpc) is 3.07. The van der Waals surface area contributed by atoms with E-state index in [1.165, 1.54) is 25.2 Å². The minimum atomic E-state index is -0.246. The molecule has 0 bridgehead atoms. The number of H-pyrrole nitrogens is 1. The second-order valence-electron chi connectivity index (χ2n) is 4.85. The number of aromatic nitrogens is 4. The molecule has 0 saturated heterocycles. The molecule has 0 saturated carbocycles. The predicted molar refractivity (Wildman–Crippen MR) is 93.2 cm³/mol.